The van der Waals surface area contributed by atoms with E-state index in [0.717, 1.165) is 16.7 Å². The fourth-order valence-corrected chi connectivity index (χ4v) is 2.54. The molecule has 0 heterocycles. The van der Waals surface area contributed by atoms with Crippen molar-refractivity contribution in [2.45, 2.75) is 6.42 Å². The van der Waals surface area contributed by atoms with Gasteiger partial charge in [-0.3, -0.25) is 0 Å². The zero-order valence-corrected chi connectivity index (χ0v) is 13.6. The Kier molecular flexibility index (Phi) is 5.60. The van der Waals surface area contributed by atoms with Crippen LogP contribution in [0.1, 0.15) is 15.9 Å². The van der Waals surface area contributed by atoms with Crippen molar-refractivity contribution < 1.29 is 19.0 Å². The summed E-state index contributed by atoms with van der Waals surface area (Å²) in [4.78, 5) is 12.1. The van der Waals surface area contributed by atoms with E-state index in [1.54, 1.807) is 26.4 Å². The second-order valence-corrected chi connectivity index (χ2v) is 4.94. The maximum Gasteiger partial charge on any atom is 0.338 e. The lowest BCUT2D eigenvalue weighted by atomic mass is 9.93. The summed E-state index contributed by atoms with van der Waals surface area (Å²) >= 11 is 0. The zero-order valence-electron chi connectivity index (χ0n) is 13.6. The van der Waals surface area contributed by atoms with Crippen LogP contribution in [0.3, 0.4) is 0 Å². The summed E-state index contributed by atoms with van der Waals surface area (Å²) < 4.78 is 15.6. The molecule has 0 bridgehead atoms. The van der Waals surface area contributed by atoms with Crippen molar-refractivity contribution >= 4 is 5.97 Å². The van der Waals surface area contributed by atoms with Gasteiger partial charge in [0.05, 0.1) is 26.9 Å². The average Bonchev–Trinajstić information content (AvgIpc) is 2.60. The van der Waals surface area contributed by atoms with Gasteiger partial charge in [-0.15, -0.1) is 0 Å². The molecule has 23 heavy (non-hydrogen) atoms. The summed E-state index contributed by atoms with van der Waals surface area (Å²) in [5.41, 5.74) is 8.88. The molecule has 2 N–H and O–H groups in total. The molecule has 0 fully saturated rings. The van der Waals surface area contributed by atoms with Gasteiger partial charge < -0.3 is 19.9 Å². The maximum absolute atomic E-state index is 12.1. The summed E-state index contributed by atoms with van der Waals surface area (Å²) in [6.07, 6.45) is 0.658. The van der Waals surface area contributed by atoms with Crippen LogP contribution in [-0.2, 0) is 11.2 Å². The number of nitrogens with two attached hydrogens (primary N) is 1. The monoisotopic (exact) mass is 315 g/mol. The molecule has 0 aliphatic rings. The Balaban J connectivity index is 2.69. The molecule has 5 heteroatoms. The zero-order chi connectivity index (χ0) is 16.8. The fourth-order valence-electron chi connectivity index (χ4n) is 2.54. The van der Waals surface area contributed by atoms with Gasteiger partial charge in [0.25, 0.3) is 0 Å². The van der Waals surface area contributed by atoms with Crippen molar-refractivity contribution in [3.8, 4) is 22.6 Å². The van der Waals surface area contributed by atoms with E-state index in [9.17, 15) is 4.79 Å². The van der Waals surface area contributed by atoms with Gasteiger partial charge in [0, 0.05) is 0 Å². The van der Waals surface area contributed by atoms with Crippen LogP contribution in [0, 0.1) is 0 Å². The minimum atomic E-state index is -0.380. The highest BCUT2D eigenvalue weighted by Crippen LogP contribution is 2.37. The number of hydrogen-bond donors (Lipinski definition) is 1. The van der Waals surface area contributed by atoms with Gasteiger partial charge in [-0.1, -0.05) is 18.2 Å². The van der Waals surface area contributed by atoms with E-state index in [4.69, 9.17) is 19.9 Å². The van der Waals surface area contributed by atoms with E-state index in [1.807, 2.05) is 24.3 Å². The number of rotatable bonds is 6. The number of carbonyl (C=O) groups is 1. The van der Waals surface area contributed by atoms with Crippen LogP contribution < -0.4 is 15.2 Å². The van der Waals surface area contributed by atoms with E-state index in [0.29, 0.717) is 30.0 Å². The molecule has 0 spiro atoms. The first-order valence-corrected chi connectivity index (χ1v) is 7.29. The minimum Gasteiger partial charge on any atom is -0.493 e. The SMILES string of the molecule is COC(=O)c1ccccc1-c1cc(OC)c(OC)cc1CCN. The number of esters is 1. The quantitative estimate of drug-likeness (QED) is 0.830. The lowest BCUT2D eigenvalue weighted by Gasteiger charge is -2.16. The third kappa shape index (κ3) is 3.46. The second-order valence-electron chi connectivity index (χ2n) is 4.94. The third-order valence-electron chi connectivity index (χ3n) is 3.65. The molecule has 2 aromatic carbocycles. The maximum atomic E-state index is 12.1. The highest BCUT2D eigenvalue weighted by molar-refractivity contribution is 5.98. The Morgan fingerprint density at radius 2 is 1.65 bits per heavy atom. The van der Waals surface area contributed by atoms with Crippen molar-refractivity contribution in [1.29, 1.82) is 0 Å². The number of ether oxygens (including phenoxy) is 3. The van der Waals surface area contributed by atoms with Crippen LogP contribution in [-0.4, -0.2) is 33.8 Å². The first kappa shape index (κ1) is 16.8. The Labute approximate surface area is 136 Å². The van der Waals surface area contributed by atoms with Crippen LogP contribution in [0.25, 0.3) is 11.1 Å². The second kappa shape index (κ2) is 7.65. The normalized spacial score (nSPS) is 10.3. The van der Waals surface area contributed by atoms with Gasteiger partial charge in [-0.2, -0.15) is 0 Å². The summed E-state index contributed by atoms with van der Waals surface area (Å²) in [6, 6.07) is 11.1. The van der Waals surface area contributed by atoms with Crippen LogP contribution in [0.5, 0.6) is 11.5 Å². The van der Waals surface area contributed by atoms with E-state index in [1.165, 1.54) is 7.11 Å². The number of hydrogen-bond acceptors (Lipinski definition) is 5. The molecule has 0 amide bonds. The Morgan fingerprint density at radius 3 is 2.26 bits per heavy atom. The summed E-state index contributed by atoms with van der Waals surface area (Å²) in [6.45, 7) is 0.489. The molecule has 0 saturated carbocycles. The van der Waals surface area contributed by atoms with Crippen LogP contribution in [0.2, 0.25) is 0 Å². The first-order valence-electron chi connectivity index (χ1n) is 7.29. The van der Waals surface area contributed by atoms with Crippen molar-refractivity contribution in [1.82, 2.24) is 0 Å². The van der Waals surface area contributed by atoms with Gasteiger partial charge >= 0.3 is 5.97 Å². The molecular formula is C18H21NO4. The number of benzene rings is 2. The Bertz CT molecular complexity index is 697. The molecule has 122 valence electrons. The van der Waals surface area contributed by atoms with E-state index >= 15 is 0 Å². The molecule has 0 radical (unpaired) electrons. The van der Waals surface area contributed by atoms with Gasteiger partial charge in [-0.05, 0) is 47.9 Å². The molecule has 2 rings (SSSR count). The predicted octanol–water partition coefficient (Wildman–Crippen LogP) is 2.66. The molecular weight excluding hydrogens is 294 g/mol. The first-order chi connectivity index (χ1) is 11.2. The van der Waals surface area contributed by atoms with E-state index in [2.05, 4.69) is 0 Å². The fraction of sp³-hybridized carbons (Fsp3) is 0.278. The Hall–Kier alpha value is -2.53. The van der Waals surface area contributed by atoms with Gasteiger partial charge in [0.2, 0.25) is 0 Å². The summed E-state index contributed by atoms with van der Waals surface area (Å²) in [5, 5.41) is 0. The van der Waals surface area contributed by atoms with Crippen LogP contribution >= 0.6 is 0 Å². The van der Waals surface area contributed by atoms with E-state index in [-0.39, 0.29) is 5.97 Å². The van der Waals surface area contributed by atoms with Crippen molar-refractivity contribution in [3.63, 3.8) is 0 Å². The molecule has 0 saturated heterocycles. The van der Waals surface area contributed by atoms with Gasteiger partial charge in [0.1, 0.15) is 0 Å². The Morgan fingerprint density at radius 1 is 1.00 bits per heavy atom. The molecule has 0 unspecified atom stereocenters. The summed E-state index contributed by atoms with van der Waals surface area (Å²) in [7, 11) is 4.54. The molecule has 0 aromatic heterocycles. The summed E-state index contributed by atoms with van der Waals surface area (Å²) in [5.74, 6) is 0.854. The number of carbonyl (C=O) groups excluding carboxylic acids is 1. The smallest absolute Gasteiger partial charge is 0.338 e. The minimum absolute atomic E-state index is 0.380. The predicted molar refractivity (Wildman–Crippen MR) is 89.1 cm³/mol. The number of methoxy groups -OCH3 is 3. The lowest BCUT2D eigenvalue weighted by Crippen LogP contribution is -2.07. The van der Waals surface area contributed by atoms with Crippen molar-refractivity contribution in [2.24, 2.45) is 5.73 Å². The molecule has 0 atom stereocenters. The lowest BCUT2D eigenvalue weighted by molar-refractivity contribution is 0.0601. The molecule has 2 aromatic rings. The highest BCUT2D eigenvalue weighted by Gasteiger charge is 2.18. The largest absolute Gasteiger partial charge is 0.493 e. The van der Waals surface area contributed by atoms with Crippen molar-refractivity contribution in [3.05, 3.63) is 47.5 Å². The topological polar surface area (TPSA) is 70.8 Å². The molecule has 0 aliphatic heterocycles. The highest BCUT2D eigenvalue weighted by atomic mass is 16.5. The van der Waals surface area contributed by atoms with Crippen LogP contribution in [0.15, 0.2) is 36.4 Å². The van der Waals surface area contributed by atoms with Gasteiger partial charge in [-0.25, -0.2) is 4.79 Å². The average molecular weight is 315 g/mol. The molecule has 5 nitrogen and oxygen atoms in total. The van der Waals surface area contributed by atoms with Crippen molar-refractivity contribution in [2.75, 3.05) is 27.9 Å². The van der Waals surface area contributed by atoms with Gasteiger partial charge in [0.15, 0.2) is 11.5 Å². The van der Waals surface area contributed by atoms with E-state index < -0.39 is 0 Å². The molecule has 0 aliphatic carbocycles. The van der Waals surface area contributed by atoms with Crippen LogP contribution in [0.4, 0.5) is 0 Å². The standard InChI is InChI=1S/C18H21NO4/c1-21-16-10-12(8-9-19)15(11-17(16)22-2)13-6-4-5-7-14(13)18(20)23-3/h4-7,10-11H,8-9,19H2,1-3H3. The third-order valence-corrected chi connectivity index (χ3v) is 3.65.